The Kier molecular flexibility index (Phi) is 6.10. The second-order valence-corrected chi connectivity index (χ2v) is 8.80. The lowest BCUT2D eigenvalue weighted by Gasteiger charge is -2.18. The molecule has 1 atom stereocenters. The predicted molar refractivity (Wildman–Crippen MR) is 107 cm³/mol. The van der Waals surface area contributed by atoms with E-state index in [1.54, 1.807) is 42.5 Å². The lowest BCUT2D eigenvalue weighted by molar-refractivity contribution is -0.121. The van der Waals surface area contributed by atoms with E-state index in [4.69, 9.17) is 4.52 Å². The third-order valence-electron chi connectivity index (χ3n) is 3.91. The first-order chi connectivity index (χ1) is 13.3. The number of aromatic nitrogens is 2. The van der Waals surface area contributed by atoms with Crippen molar-refractivity contribution in [3.8, 4) is 11.4 Å². The van der Waals surface area contributed by atoms with Crippen LogP contribution in [-0.2, 0) is 21.2 Å². The number of amides is 1. The van der Waals surface area contributed by atoms with E-state index >= 15 is 0 Å². The van der Waals surface area contributed by atoms with Gasteiger partial charge < -0.3 is 9.84 Å². The van der Waals surface area contributed by atoms with Crippen LogP contribution in [-0.4, -0.2) is 30.7 Å². The van der Waals surface area contributed by atoms with Gasteiger partial charge in [-0.15, -0.1) is 0 Å². The minimum Gasteiger partial charge on any atom is -0.349 e. The fourth-order valence-electron chi connectivity index (χ4n) is 2.64. The first-order valence-corrected chi connectivity index (χ1v) is 11.4. The van der Waals surface area contributed by atoms with Crippen LogP contribution in [0.2, 0.25) is 0 Å². The van der Waals surface area contributed by atoms with Gasteiger partial charge in [0.15, 0.2) is 0 Å². The van der Waals surface area contributed by atoms with Gasteiger partial charge in [0, 0.05) is 23.8 Å². The summed E-state index contributed by atoms with van der Waals surface area (Å²) in [6.07, 6.45) is 1.58. The molecule has 2 N–H and O–H groups in total. The molecule has 2 aromatic heterocycles. The fraction of sp³-hybridized carbons (Fsp3) is 0.278. The molecule has 1 amide bonds. The summed E-state index contributed by atoms with van der Waals surface area (Å²) >= 11 is 1.54. The summed E-state index contributed by atoms with van der Waals surface area (Å²) in [5.74, 6) is 0.700. The number of anilines is 1. The summed E-state index contributed by atoms with van der Waals surface area (Å²) in [7, 11) is -3.41. The summed E-state index contributed by atoms with van der Waals surface area (Å²) in [6, 6.07) is 8.46. The molecule has 0 spiro atoms. The Balaban J connectivity index is 1.58. The monoisotopic (exact) mass is 420 g/mol. The minimum absolute atomic E-state index is 0.178. The van der Waals surface area contributed by atoms with Crippen molar-refractivity contribution in [1.82, 2.24) is 15.5 Å². The van der Waals surface area contributed by atoms with Gasteiger partial charge in [-0.3, -0.25) is 9.52 Å². The van der Waals surface area contributed by atoms with Crippen LogP contribution >= 0.6 is 11.3 Å². The normalized spacial score (nSPS) is 12.5. The number of benzene rings is 1. The van der Waals surface area contributed by atoms with E-state index in [0.29, 0.717) is 29.4 Å². The zero-order chi connectivity index (χ0) is 20.1. The summed E-state index contributed by atoms with van der Waals surface area (Å²) in [4.78, 5) is 16.6. The molecule has 0 saturated carbocycles. The standard InChI is InChI=1S/C18H20N4O4S2/c1-12(14-5-3-4-6-15(14)22-28(2,24)25)19-16(23)7-8-17-20-18(21-26-17)13-9-10-27-11-13/h3-6,9-12,22H,7-8H2,1-2H3,(H,19,23). The van der Waals surface area contributed by atoms with Crippen LogP contribution in [0.5, 0.6) is 0 Å². The Labute approximate surface area is 167 Å². The maximum absolute atomic E-state index is 12.3. The first kappa shape index (κ1) is 20.0. The highest BCUT2D eigenvalue weighted by Gasteiger charge is 2.16. The van der Waals surface area contributed by atoms with Crippen LogP contribution in [0.1, 0.15) is 30.8 Å². The number of para-hydroxylation sites is 1. The third-order valence-corrected chi connectivity index (χ3v) is 5.19. The van der Waals surface area contributed by atoms with E-state index in [1.807, 2.05) is 16.8 Å². The Morgan fingerprint density at radius 1 is 1.29 bits per heavy atom. The second-order valence-electron chi connectivity index (χ2n) is 6.27. The molecule has 8 nitrogen and oxygen atoms in total. The van der Waals surface area contributed by atoms with E-state index in [9.17, 15) is 13.2 Å². The molecule has 0 aliphatic carbocycles. The van der Waals surface area contributed by atoms with Crippen LogP contribution in [0.15, 0.2) is 45.6 Å². The smallest absolute Gasteiger partial charge is 0.229 e. The van der Waals surface area contributed by atoms with Crippen molar-refractivity contribution in [2.24, 2.45) is 0 Å². The topological polar surface area (TPSA) is 114 Å². The van der Waals surface area contributed by atoms with Crippen molar-refractivity contribution in [2.75, 3.05) is 11.0 Å². The van der Waals surface area contributed by atoms with Crippen LogP contribution in [0, 0.1) is 0 Å². The van der Waals surface area contributed by atoms with Crippen molar-refractivity contribution in [2.45, 2.75) is 25.8 Å². The molecular weight excluding hydrogens is 400 g/mol. The van der Waals surface area contributed by atoms with Gasteiger partial charge in [-0.25, -0.2) is 8.42 Å². The van der Waals surface area contributed by atoms with Crippen molar-refractivity contribution in [3.63, 3.8) is 0 Å². The molecule has 0 bridgehead atoms. The fourth-order valence-corrected chi connectivity index (χ4v) is 3.86. The summed E-state index contributed by atoms with van der Waals surface area (Å²) < 4.78 is 30.7. The Morgan fingerprint density at radius 3 is 2.79 bits per heavy atom. The Morgan fingerprint density at radius 2 is 2.07 bits per heavy atom. The minimum atomic E-state index is -3.41. The van der Waals surface area contributed by atoms with Gasteiger partial charge in [-0.1, -0.05) is 23.4 Å². The average Bonchev–Trinajstić information content (AvgIpc) is 3.30. The highest BCUT2D eigenvalue weighted by Crippen LogP contribution is 2.23. The number of aryl methyl sites for hydroxylation is 1. The Hall–Kier alpha value is -2.72. The number of carbonyl (C=O) groups excluding carboxylic acids is 1. The summed E-state index contributed by atoms with van der Waals surface area (Å²) in [6.45, 7) is 1.79. The van der Waals surface area contributed by atoms with Gasteiger partial charge in [0.2, 0.25) is 27.6 Å². The molecular formula is C18H20N4O4S2. The molecule has 2 heterocycles. The molecule has 1 aromatic carbocycles. The molecule has 28 heavy (non-hydrogen) atoms. The van der Waals surface area contributed by atoms with Gasteiger partial charge in [0.25, 0.3) is 0 Å². The first-order valence-electron chi connectivity index (χ1n) is 8.53. The molecule has 0 saturated heterocycles. The molecule has 3 aromatic rings. The lowest BCUT2D eigenvalue weighted by atomic mass is 10.1. The van der Waals surface area contributed by atoms with Crippen molar-refractivity contribution in [3.05, 3.63) is 52.5 Å². The molecule has 0 radical (unpaired) electrons. The van der Waals surface area contributed by atoms with Crippen molar-refractivity contribution in [1.29, 1.82) is 0 Å². The average molecular weight is 421 g/mol. The highest BCUT2D eigenvalue weighted by atomic mass is 32.2. The number of sulfonamides is 1. The van der Waals surface area contributed by atoms with Crippen molar-refractivity contribution >= 4 is 33.0 Å². The number of thiophene rings is 1. The van der Waals surface area contributed by atoms with Crippen LogP contribution in [0.25, 0.3) is 11.4 Å². The number of nitrogens with one attached hydrogen (secondary N) is 2. The zero-order valence-corrected chi connectivity index (χ0v) is 17.0. The van der Waals surface area contributed by atoms with E-state index in [2.05, 4.69) is 20.2 Å². The predicted octanol–water partition coefficient (Wildman–Crippen LogP) is 2.98. The molecule has 0 fully saturated rings. The number of rotatable bonds is 8. The highest BCUT2D eigenvalue weighted by molar-refractivity contribution is 7.92. The maximum atomic E-state index is 12.3. The number of hydrogen-bond donors (Lipinski definition) is 2. The van der Waals surface area contributed by atoms with E-state index in [-0.39, 0.29) is 18.4 Å². The van der Waals surface area contributed by atoms with Gasteiger partial charge in [-0.2, -0.15) is 16.3 Å². The van der Waals surface area contributed by atoms with Crippen LogP contribution in [0.3, 0.4) is 0 Å². The lowest BCUT2D eigenvalue weighted by Crippen LogP contribution is -2.27. The number of carbonyl (C=O) groups is 1. The summed E-state index contributed by atoms with van der Waals surface area (Å²) in [5.41, 5.74) is 2.00. The maximum Gasteiger partial charge on any atom is 0.229 e. The van der Waals surface area contributed by atoms with Gasteiger partial charge >= 0.3 is 0 Å². The quantitative estimate of drug-likeness (QED) is 0.579. The molecule has 1 unspecified atom stereocenters. The van der Waals surface area contributed by atoms with E-state index < -0.39 is 10.0 Å². The Bertz CT molecular complexity index is 1050. The molecule has 10 heteroatoms. The van der Waals surface area contributed by atoms with Gasteiger partial charge in [0.1, 0.15) is 0 Å². The zero-order valence-electron chi connectivity index (χ0n) is 15.4. The number of nitrogens with zero attached hydrogens (tertiary/aromatic N) is 2. The summed E-state index contributed by atoms with van der Waals surface area (Å²) in [5, 5.41) is 10.6. The van der Waals surface area contributed by atoms with Gasteiger partial charge in [0.05, 0.1) is 18.0 Å². The van der Waals surface area contributed by atoms with Gasteiger partial charge in [-0.05, 0) is 30.0 Å². The largest absolute Gasteiger partial charge is 0.349 e. The molecule has 3 rings (SSSR count). The van der Waals surface area contributed by atoms with Crippen LogP contribution < -0.4 is 10.0 Å². The third kappa shape index (κ3) is 5.40. The second kappa shape index (κ2) is 8.53. The SMILES string of the molecule is CC(NC(=O)CCc1nc(-c2ccsc2)no1)c1ccccc1NS(C)(=O)=O. The van der Waals surface area contributed by atoms with Crippen molar-refractivity contribution < 1.29 is 17.7 Å². The molecule has 0 aliphatic heterocycles. The van der Waals surface area contributed by atoms with Crippen LogP contribution in [0.4, 0.5) is 5.69 Å². The number of hydrogen-bond acceptors (Lipinski definition) is 7. The molecule has 0 aliphatic rings. The molecule has 148 valence electrons. The van der Waals surface area contributed by atoms with E-state index in [0.717, 1.165) is 11.8 Å². The van der Waals surface area contributed by atoms with E-state index in [1.165, 1.54) is 0 Å².